The van der Waals surface area contributed by atoms with Crippen molar-refractivity contribution in [3.05, 3.63) is 0 Å². The zero-order valence-corrected chi connectivity index (χ0v) is 3.64. The van der Waals surface area contributed by atoms with Crippen molar-refractivity contribution < 1.29 is 14.6 Å². The fourth-order valence-corrected chi connectivity index (χ4v) is 0. The molecule has 0 amide bonds. The number of hydrogen-bond acceptors (Lipinski definition) is 2. The second-order valence-corrected chi connectivity index (χ2v) is 0.245. The minimum Gasteiger partial charge on any atom is -0.400 e. The second kappa shape index (κ2) is 35.2. The first kappa shape index (κ1) is 8.89. The smallest absolute Gasteiger partial charge is 0.324 e. The summed E-state index contributed by atoms with van der Waals surface area (Å²) in [6.45, 7) is 0. The van der Waals surface area contributed by atoms with Crippen molar-refractivity contribution >= 4 is 8.69 Å². The molecular weight excluding hydrogens is 91.0 g/mol. The highest BCUT2D eigenvalue weighted by atomic mass is 31.1. The largest absolute Gasteiger partial charge is 0.400 e. The van der Waals surface area contributed by atoms with Gasteiger partial charge in [0.2, 0.25) is 0 Å². The van der Waals surface area contributed by atoms with E-state index in [2.05, 4.69) is 0 Å². The molecule has 3 nitrogen and oxygen atoms in total. The van der Waals surface area contributed by atoms with E-state index in [0.29, 0.717) is 0 Å². The van der Waals surface area contributed by atoms with Gasteiger partial charge in [-0.1, -0.05) is 0 Å². The molecule has 0 aliphatic rings. The van der Waals surface area contributed by atoms with Gasteiger partial charge in [0.1, 0.15) is 0 Å². The number of rotatable bonds is 0. The summed E-state index contributed by atoms with van der Waals surface area (Å²) in [5.41, 5.74) is 0. The van der Waals surface area contributed by atoms with Gasteiger partial charge in [0.15, 0.2) is 0 Å². The fourth-order valence-electron chi connectivity index (χ4n) is 0. The maximum absolute atomic E-state index is 8.46. The third kappa shape index (κ3) is 41000. The van der Waals surface area contributed by atoms with Gasteiger partial charge < -0.3 is 10.00 Å². The number of aliphatic hydroxyl groups excluding tert-OH is 1. The van der Waals surface area contributed by atoms with E-state index in [1.165, 1.54) is 0 Å². The molecule has 0 fully saturated rings. The van der Waals surface area contributed by atoms with E-state index in [1.54, 1.807) is 0 Å². The summed E-state index contributed by atoms with van der Waals surface area (Å²) >= 11 is 0. The molecule has 0 atom stereocenters. The van der Waals surface area contributed by atoms with Gasteiger partial charge in [0.05, 0.1) is 0 Å². The summed E-state index contributed by atoms with van der Waals surface area (Å²) in [4.78, 5) is 6.99. The molecule has 0 aromatic rings. The van der Waals surface area contributed by atoms with Gasteiger partial charge in [-0.15, -0.1) is 0 Å². The second-order valence-electron chi connectivity index (χ2n) is 0.0816. The van der Waals surface area contributed by atoms with Crippen LogP contribution in [-0.4, -0.2) is 17.1 Å². The van der Waals surface area contributed by atoms with Crippen LogP contribution in [0.5, 0.6) is 0 Å². The van der Waals surface area contributed by atoms with E-state index in [1.807, 2.05) is 0 Å². The van der Waals surface area contributed by atoms with Crippen molar-refractivity contribution in [2.75, 3.05) is 7.11 Å². The molecule has 0 radical (unpaired) electrons. The third-order valence-electron chi connectivity index (χ3n) is 0. The van der Waals surface area contributed by atoms with Crippen molar-refractivity contribution in [3.8, 4) is 0 Å². The minimum absolute atomic E-state index is 0.833. The van der Waals surface area contributed by atoms with Crippen LogP contribution in [0.3, 0.4) is 0 Å². The van der Waals surface area contributed by atoms with Crippen LogP contribution in [0.4, 0.5) is 0 Å². The van der Waals surface area contributed by atoms with Crippen molar-refractivity contribution in [1.29, 1.82) is 0 Å². The Kier molecular flexibility index (Phi) is 62.7. The lowest BCUT2D eigenvalue weighted by atomic mass is 11.8. The number of hydrogen-bond donors (Lipinski definition) is 2. The van der Waals surface area contributed by atoms with Crippen LogP contribution in [0, 0.1) is 0 Å². The molecule has 0 saturated carbocycles. The van der Waals surface area contributed by atoms with Gasteiger partial charge >= 0.3 is 8.69 Å². The third-order valence-corrected chi connectivity index (χ3v) is 0. The standard InChI is InChI=1S/CH4O.HO2P/c1-2;1-3-2/h2H,1H3;(H,1,2). The van der Waals surface area contributed by atoms with Crippen LogP contribution in [-0.2, 0) is 4.57 Å². The van der Waals surface area contributed by atoms with E-state index in [4.69, 9.17) is 14.6 Å². The summed E-state index contributed by atoms with van der Waals surface area (Å²) in [7, 11) is 0.167. The van der Waals surface area contributed by atoms with Crippen LogP contribution in [0.25, 0.3) is 0 Å². The van der Waals surface area contributed by atoms with E-state index in [9.17, 15) is 0 Å². The first-order valence-electron chi connectivity index (χ1n) is 0.830. The Morgan fingerprint density at radius 3 is 1.60 bits per heavy atom. The van der Waals surface area contributed by atoms with Gasteiger partial charge in [-0.2, -0.15) is 0 Å². The van der Waals surface area contributed by atoms with Crippen LogP contribution in [0.2, 0.25) is 0 Å². The molecule has 0 aromatic carbocycles. The molecular formula is CH5O3P. The molecule has 2 N–H and O–H groups in total. The minimum atomic E-state index is -0.833. The first-order valence-corrected chi connectivity index (χ1v) is 1.59. The highest BCUT2D eigenvalue weighted by Gasteiger charge is 1.28. The van der Waals surface area contributed by atoms with E-state index < -0.39 is 8.69 Å². The molecule has 0 heterocycles. The predicted octanol–water partition coefficient (Wildman–Crippen LogP) is -0.206. The SMILES string of the molecule is CO.O=PO. The summed E-state index contributed by atoms with van der Waals surface area (Å²) in [6.07, 6.45) is 0. The van der Waals surface area contributed by atoms with Crippen molar-refractivity contribution in [2.24, 2.45) is 0 Å². The normalized spacial score (nSPS) is 5.40. The summed E-state index contributed by atoms with van der Waals surface area (Å²) in [5.74, 6) is 0. The summed E-state index contributed by atoms with van der Waals surface area (Å²) < 4.78 is 8.46. The summed E-state index contributed by atoms with van der Waals surface area (Å²) in [5, 5.41) is 7.00. The Morgan fingerprint density at radius 2 is 1.60 bits per heavy atom. The molecule has 0 aromatic heterocycles. The Balaban J connectivity index is 0. The fraction of sp³-hybridized carbons (Fsp3) is 1.00. The first-order chi connectivity index (χ1) is 2.41. The molecule has 0 rings (SSSR count). The highest BCUT2D eigenvalue weighted by molar-refractivity contribution is 7.16. The van der Waals surface area contributed by atoms with Crippen LogP contribution < -0.4 is 0 Å². The lowest BCUT2D eigenvalue weighted by molar-refractivity contribution is 0.399. The predicted molar refractivity (Wildman–Crippen MR) is 18.0 cm³/mol. The van der Waals surface area contributed by atoms with Crippen molar-refractivity contribution in [3.63, 3.8) is 0 Å². The molecule has 0 spiro atoms. The van der Waals surface area contributed by atoms with Gasteiger partial charge in [-0.3, -0.25) is 0 Å². The molecule has 0 aliphatic carbocycles. The zero-order chi connectivity index (χ0) is 4.71. The average molecular weight is 96.0 g/mol. The lowest BCUT2D eigenvalue weighted by Gasteiger charge is -1.24. The quantitative estimate of drug-likeness (QED) is 0.410. The zero-order valence-electron chi connectivity index (χ0n) is 2.75. The highest BCUT2D eigenvalue weighted by Crippen LogP contribution is 1.66. The Bertz CT molecular complexity index is 14.4. The maximum atomic E-state index is 8.46. The number of aliphatic hydroxyl groups is 1. The van der Waals surface area contributed by atoms with Crippen molar-refractivity contribution in [1.82, 2.24) is 0 Å². The molecule has 32 valence electrons. The Morgan fingerprint density at radius 1 is 1.60 bits per heavy atom. The Labute approximate surface area is 31.5 Å². The molecule has 4 heteroatoms. The van der Waals surface area contributed by atoms with Crippen LogP contribution in [0.1, 0.15) is 0 Å². The molecule has 0 saturated heterocycles. The Hall–Kier alpha value is 0.0200. The van der Waals surface area contributed by atoms with E-state index in [0.717, 1.165) is 7.11 Å². The molecule has 0 aliphatic heterocycles. The van der Waals surface area contributed by atoms with Crippen LogP contribution >= 0.6 is 8.69 Å². The average Bonchev–Trinajstić information content (AvgIpc) is 1.46. The van der Waals surface area contributed by atoms with Gasteiger partial charge in [0.25, 0.3) is 0 Å². The lowest BCUT2D eigenvalue weighted by Crippen LogP contribution is -1.25. The monoisotopic (exact) mass is 96.0 g/mol. The van der Waals surface area contributed by atoms with E-state index >= 15 is 0 Å². The van der Waals surface area contributed by atoms with Gasteiger partial charge in [-0.05, 0) is 0 Å². The molecule has 5 heavy (non-hydrogen) atoms. The molecule has 0 bridgehead atoms. The van der Waals surface area contributed by atoms with Crippen molar-refractivity contribution in [2.45, 2.75) is 0 Å². The summed E-state index contributed by atoms with van der Waals surface area (Å²) in [6, 6.07) is 0. The van der Waals surface area contributed by atoms with Crippen LogP contribution in [0.15, 0.2) is 0 Å². The van der Waals surface area contributed by atoms with Gasteiger partial charge in [0, 0.05) is 7.11 Å². The van der Waals surface area contributed by atoms with Gasteiger partial charge in [-0.25, -0.2) is 4.57 Å². The maximum Gasteiger partial charge on any atom is 0.324 e. The topological polar surface area (TPSA) is 57.5 Å². The molecule has 0 unspecified atom stereocenters. The van der Waals surface area contributed by atoms with E-state index in [-0.39, 0.29) is 0 Å².